The predicted molar refractivity (Wildman–Crippen MR) is 107 cm³/mol. The van der Waals surface area contributed by atoms with Crippen LogP contribution in [0.2, 0.25) is 0 Å². The molecule has 0 aliphatic carbocycles. The van der Waals surface area contributed by atoms with Crippen molar-refractivity contribution < 1.29 is 14.3 Å². The molecule has 0 bridgehead atoms. The number of hydrogen-bond donors (Lipinski definition) is 2. The van der Waals surface area contributed by atoms with Crippen molar-refractivity contribution in [1.82, 2.24) is 5.43 Å². The third-order valence-electron chi connectivity index (χ3n) is 3.63. The molecule has 0 heterocycles. The average molecular weight is 367 g/mol. The molecule has 2 rings (SSSR count). The fourth-order valence-corrected chi connectivity index (χ4v) is 2.33. The van der Waals surface area contributed by atoms with Crippen molar-refractivity contribution in [3.05, 3.63) is 59.7 Å². The Kier molecular flexibility index (Phi) is 7.55. The van der Waals surface area contributed by atoms with E-state index < -0.39 is 0 Å². The summed E-state index contributed by atoms with van der Waals surface area (Å²) >= 11 is 0. The molecule has 2 N–H and O–H groups in total. The molecule has 0 saturated carbocycles. The van der Waals surface area contributed by atoms with Gasteiger partial charge in [0.1, 0.15) is 5.75 Å². The van der Waals surface area contributed by atoms with Crippen molar-refractivity contribution in [3.63, 3.8) is 0 Å². The van der Waals surface area contributed by atoms with Crippen molar-refractivity contribution in [1.29, 1.82) is 0 Å². The number of hydrazone groups is 1. The number of nitrogens with one attached hydrogen (secondary N) is 2. The van der Waals surface area contributed by atoms with Crippen LogP contribution in [-0.4, -0.2) is 24.1 Å². The van der Waals surface area contributed by atoms with Gasteiger partial charge in [-0.25, -0.2) is 5.43 Å². The molecule has 2 aromatic carbocycles. The minimum atomic E-state index is -0.319. The van der Waals surface area contributed by atoms with E-state index in [9.17, 15) is 9.59 Å². The van der Waals surface area contributed by atoms with Gasteiger partial charge in [-0.2, -0.15) is 5.10 Å². The molecule has 0 spiro atoms. The Morgan fingerprint density at radius 3 is 2.56 bits per heavy atom. The lowest BCUT2D eigenvalue weighted by atomic mass is 10.2. The fourth-order valence-electron chi connectivity index (χ4n) is 2.33. The van der Waals surface area contributed by atoms with Crippen LogP contribution in [0.1, 0.15) is 37.8 Å². The lowest BCUT2D eigenvalue weighted by Crippen LogP contribution is -2.20. The van der Waals surface area contributed by atoms with Gasteiger partial charge in [0.2, 0.25) is 11.8 Å². The summed E-state index contributed by atoms with van der Waals surface area (Å²) in [5.41, 5.74) is 4.97. The Hall–Kier alpha value is -3.15. The van der Waals surface area contributed by atoms with Crippen molar-refractivity contribution in [2.24, 2.45) is 5.10 Å². The Bertz CT molecular complexity index is 816. The van der Waals surface area contributed by atoms with E-state index in [1.54, 1.807) is 6.21 Å². The van der Waals surface area contributed by atoms with E-state index in [1.165, 1.54) is 0 Å². The van der Waals surface area contributed by atoms with Crippen LogP contribution in [0.25, 0.3) is 0 Å². The molecule has 6 nitrogen and oxygen atoms in total. The molecule has 0 saturated heterocycles. The normalized spacial score (nSPS) is 10.8. The second-order valence-corrected chi connectivity index (χ2v) is 6.40. The zero-order chi connectivity index (χ0) is 19.6. The Morgan fingerprint density at radius 2 is 1.81 bits per heavy atom. The van der Waals surface area contributed by atoms with E-state index in [1.807, 2.05) is 69.3 Å². The molecule has 27 heavy (non-hydrogen) atoms. The van der Waals surface area contributed by atoms with Crippen molar-refractivity contribution in [2.75, 3.05) is 5.32 Å². The minimum absolute atomic E-state index is 0.0611. The van der Waals surface area contributed by atoms with Gasteiger partial charge in [0.15, 0.2) is 0 Å². The van der Waals surface area contributed by atoms with E-state index in [4.69, 9.17) is 4.74 Å². The number of rotatable bonds is 8. The summed E-state index contributed by atoms with van der Waals surface area (Å²) < 4.78 is 5.61. The summed E-state index contributed by atoms with van der Waals surface area (Å²) in [6.45, 7) is 5.82. The molecule has 2 aromatic rings. The van der Waals surface area contributed by atoms with E-state index in [0.717, 1.165) is 22.6 Å². The van der Waals surface area contributed by atoms with E-state index in [2.05, 4.69) is 15.8 Å². The smallest absolute Gasteiger partial charge is 0.240 e. The van der Waals surface area contributed by atoms with Gasteiger partial charge in [-0.05, 0) is 50.1 Å². The number of hydrogen-bond acceptors (Lipinski definition) is 4. The second-order valence-electron chi connectivity index (χ2n) is 6.40. The zero-order valence-electron chi connectivity index (χ0n) is 15.9. The highest BCUT2D eigenvalue weighted by Gasteiger charge is 2.07. The first-order valence-corrected chi connectivity index (χ1v) is 8.88. The van der Waals surface area contributed by atoms with Crippen molar-refractivity contribution in [3.8, 4) is 5.75 Å². The fraction of sp³-hybridized carbons (Fsp3) is 0.286. The molecular weight excluding hydrogens is 342 g/mol. The van der Waals surface area contributed by atoms with Gasteiger partial charge >= 0.3 is 0 Å². The summed E-state index contributed by atoms with van der Waals surface area (Å²) in [5.74, 6) is 0.218. The molecule has 0 aliphatic heterocycles. The highest BCUT2D eigenvalue weighted by molar-refractivity contribution is 5.94. The first-order chi connectivity index (χ1) is 12.9. The van der Waals surface area contributed by atoms with Gasteiger partial charge in [0.05, 0.1) is 12.3 Å². The van der Waals surface area contributed by atoms with E-state index in [-0.39, 0.29) is 30.8 Å². The summed E-state index contributed by atoms with van der Waals surface area (Å²) in [5, 5.41) is 6.72. The standard InChI is InChI=1S/C21H25N3O3/c1-15(2)27-18-9-6-8-17(13-18)14-22-24-21(26)12-11-20(25)23-19-10-5-4-7-16(19)3/h4-10,13-15H,11-12H2,1-3H3,(H,23,25)(H,24,26). The molecule has 0 fully saturated rings. The molecule has 0 unspecified atom stereocenters. The van der Waals surface area contributed by atoms with Crippen LogP contribution in [0.5, 0.6) is 5.75 Å². The van der Waals surface area contributed by atoms with Gasteiger partial charge < -0.3 is 10.1 Å². The van der Waals surface area contributed by atoms with Gasteiger partial charge in [-0.15, -0.1) is 0 Å². The number of carbonyl (C=O) groups excluding carboxylic acids is 2. The van der Waals surface area contributed by atoms with Crippen LogP contribution in [0.4, 0.5) is 5.69 Å². The monoisotopic (exact) mass is 367 g/mol. The van der Waals surface area contributed by atoms with E-state index >= 15 is 0 Å². The van der Waals surface area contributed by atoms with Gasteiger partial charge in [-0.1, -0.05) is 30.3 Å². The second kappa shape index (κ2) is 10.1. The van der Waals surface area contributed by atoms with Gasteiger partial charge in [0, 0.05) is 18.5 Å². The SMILES string of the molecule is Cc1ccccc1NC(=O)CCC(=O)NN=Cc1cccc(OC(C)C)c1. The third kappa shape index (κ3) is 7.32. The molecular formula is C21H25N3O3. The average Bonchev–Trinajstić information content (AvgIpc) is 2.62. The summed E-state index contributed by atoms with van der Waals surface area (Å²) in [4.78, 5) is 23.8. The van der Waals surface area contributed by atoms with Crippen LogP contribution in [0.3, 0.4) is 0 Å². The van der Waals surface area contributed by atoms with E-state index in [0.29, 0.717) is 0 Å². The van der Waals surface area contributed by atoms with Crippen molar-refractivity contribution >= 4 is 23.7 Å². The largest absolute Gasteiger partial charge is 0.491 e. The molecule has 0 radical (unpaired) electrons. The number of benzene rings is 2. The van der Waals surface area contributed by atoms with Crippen LogP contribution in [-0.2, 0) is 9.59 Å². The first kappa shape index (κ1) is 20.2. The lowest BCUT2D eigenvalue weighted by Gasteiger charge is -2.09. The van der Waals surface area contributed by atoms with Crippen LogP contribution < -0.4 is 15.5 Å². The maximum atomic E-state index is 11.9. The number of aryl methyl sites for hydroxylation is 1. The molecule has 142 valence electrons. The maximum Gasteiger partial charge on any atom is 0.240 e. The summed E-state index contributed by atoms with van der Waals surface area (Å²) in [6.07, 6.45) is 1.78. The van der Waals surface area contributed by atoms with Gasteiger partial charge in [0.25, 0.3) is 0 Å². The third-order valence-corrected chi connectivity index (χ3v) is 3.63. The van der Waals surface area contributed by atoms with Crippen LogP contribution in [0, 0.1) is 6.92 Å². The summed E-state index contributed by atoms with van der Waals surface area (Å²) in [7, 11) is 0. The number of anilines is 1. The molecule has 0 atom stereocenters. The highest BCUT2D eigenvalue weighted by atomic mass is 16.5. The number of para-hydroxylation sites is 1. The summed E-state index contributed by atoms with van der Waals surface area (Å²) in [6, 6.07) is 14.9. The Labute approximate surface area is 159 Å². The highest BCUT2D eigenvalue weighted by Crippen LogP contribution is 2.14. The quantitative estimate of drug-likeness (QED) is 0.552. The van der Waals surface area contributed by atoms with Crippen LogP contribution >= 0.6 is 0 Å². The van der Waals surface area contributed by atoms with Gasteiger partial charge in [-0.3, -0.25) is 9.59 Å². The molecule has 6 heteroatoms. The minimum Gasteiger partial charge on any atom is -0.491 e. The molecule has 2 amide bonds. The Balaban J connectivity index is 1.76. The van der Waals surface area contributed by atoms with Crippen molar-refractivity contribution in [2.45, 2.75) is 39.7 Å². The lowest BCUT2D eigenvalue weighted by molar-refractivity contribution is -0.124. The maximum absolute atomic E-state index is 11.9. The Morgan fingerprint density at radius 1 is 1.07 bits per heavy atom. The topological polar surface area (TPSA) is 79.8 Å². The number of nitrogens with zero attached hydrogens (tertiary/aromatic N) is 1. The number of carbonyl (C=O) groups is 2. The first-order valence-electron chi connectivity index (χ1n) is 8.88. The number of ether oxygens (including phenoxy) is 1. The predicted octanol–water partition coefficient (Wildman–Crippen LogP) is 3.65. The van der Waals surface area contributed by atoms with Crippen LogP contribution in [0.15, 0.2) is 53.6 Å². The molecule has 0 aliphatic rings. The zero-order valence-corrected chi connectivity index (χ0v) is 15.9. The number of amides is 2. The molecule has 0 aromatic heterocycles.